The number of thioether (sulfide) groups is 1. The number of oxime groups is 1. The van der Waals surface area contributed by atoms with Crippen molar-refractivity contribution in [2.75, 3.05) is 0 Å². The van der Waals surface area contributed by atoms with Gasteiger partial charge in [-0.25, -0.2) is 4.98 Å². The lowest BCUT2D eigenvalue weighted by Gasteiger charge is -2.04. The van der Waals surface area contributed by atoms with E-state index in [0.29, 0.717) is 5.22 Å². The fraction of sp³-hybridized carbons (Fsp3) is 0.333. The third-order valence-corrected chi connectivity index (χ3v) is 4.09. The van der Waals surface area contributed by atoms with Gasteiger partial charge in [0, 0.05) is 0 Å². The zero-order valence-corrected chi connectivity index (χ0v) is 9.98. The molecule has 0 unspecified atom stereocenters. The summed E-state index contributed by atoms with van der Waals surface area (Å²) in [5.41, 5.74) is 2.52. The van der Waals surface area contributed by atoms with Crippen molar-refractivity contribution >= 4 is 28.6 Å². The summed E-state index contributed by atoms with van der Waals surface area (Å²) in [7, 11) is 0. The van der Waals surface area contributed by atoms with Crippen LogP contribution < -0.4 is 0 Å². The van der Waals surface area contributed by atoms with Gasteiger partial charge in [0.25, 0.3) is 5.22 Å². The van der Waals surface area contributed by atoms with E-state index in [1.165, 1.54) is 0 Å². The number of para-hydroxylation sites is 2. The number of hydrogen-bond acceptors (Lipinski definition) is 5. The summed E-state index contributed by atoms with van der Waals surface area (Å²) < 4.78 is 5.64. The molecule has 3 rings (SSSR count). The van der Waals surface area contributed by atoms with Crippen LogP contribution in [0.2, 0.25) is 0 Å². The van der Waals surface area contributed by atoms with Crippen LogP contribution in [0, 0.1) is 0 Å². The predicted molar refractivity (Wildman–Crippen MR) is 66.7 cm³/mol. The Morgan fingerprint density at radius 2 is 2.29 bits per heavy atom. The Bertz CT molecular complexity index is 531. The molecular formula is C12H12N2O2S. The molecule has 1 aromatic heterocycles. The number of oxazole rings is 1. The summed E-state index contributed by atoms with van der Waals surface area (Å²) in [6.45, 7) is 0. The lowest BCUT2D eigenvalue weighted by molar-refractivity contribution is 0.317. The van der Waals surface area contributed by atoms with Gasteiger partial charge in [-0.2, -0.15) is 0 Å². The molecule has 1 heterocycles. The van der Waals surface area contributed by atoms with E-state index >= 15 is 0 Å². The second kappa shape index (κ2) is 4.41. The molecule has 1 aromatic carbocycles. The van der Waals surface area contributed by atoms with Gasteiger partial charge in [0.2, 0.25) is 0 Å². The van der Waals surface area contributed by atoms with Crippen LogP contribution in [0.25, 0.3) is 11.1 Å². The third kappa shape index (κ3) is 2.02. The van der Waals surface area contributed by atoms with E-state index in [-0.39, 0.29) is 5.25 Å². The van der Waals surface area contributed by atoms with Crippen LogP contribution >= 0.6 is 11.8 Å². The quantitative estimate of drug-likeness (QED) is 0.654. The Labute approximate surface area is 103 Å². The molecule has 1 N–H and O–H groups in total. The lowest BCUT2D eigenvalue weighted by atomic mass is 10.3. The first-order valence-electron chi connectivity index (χ1n) is 5.60. The van der Waals surface area contributed by atoms with Crippen molar-refractivity contribution in [1.29, 1.82) is 0 Å². The minimum Gasteiger partial charge on any atom is -0.431 e. The van der Waals surface area contributed by atoms with Gasteiger partial charge < -0.3 is 9.62 Å². The van der Waals surface area contributed by atoms with E-state index in [9.17, 15) is 0 Å². The van der Waals surface area contributed by atoms with Gasteiger partial charge in [0.15, 0.2) is 5.58 Å². The first kappa shape index (κ1) is 10.7. The summed E-state index contributed by atoms with van der Waals surface area (Å²) >= 11 is 1.54. The second-order valence-electron chi connectivity index (χ2n) is 4.04. The van der Waals surface area contributed by atoms with Crippen molar-refractivity contribution in [2.24, 2.45) is 5.16 Å². The molecule has 1 aliphatic carbocycles. The first-order chi connectivity index (χ1) is 8.36. The van der Waals surface area contributed by atoms with Crippen LogP contribution in [-0.4, -0.2) is 21.2 Å². The first-order valence-corrected chi connectivity index (χ1v) is 6.48. The summed E-state index contributed by atoms with van der Waals surface area (Å²) in [6, 6.07) is 7.70. The molecule has 5 heteroatoms. The monoisotopic (exact) mass is 248 g/mol. The Balaban J connectivity index is 1.85. The van der Waals surface area contributed by atoms with Crippen molar-refractivity contribution in [3.8, 4) is 0 Å². The zero-order chi connectivity index (χ0) is 11.7. The molecule has 1 aliphatic rings. The molecule has 17 heavy (non-hydrogen) atoms. The molecule has 0 radical (unpaired) electrons. The summed E-state index contributed by atoms with van der Waals surface area (Å²) in [5.74, 6) is 0. The summed E-state index contributed by atoms with van der Waals surface area (Å²) in [5, 5.41) is 13.1. The SMILES string of the molecule is O/N=C1\CCC[C@@H]1Sc1nc2ccccc2o1. The molecular weight excluding hydrogens is 236 g/mol. The Hall–Kier alpha value is -1.49. The maximum atomic E-state index is 8.88. The second-order valence-corrected chi connectivity index (χ2v) is 5.19. The fourth-order valence-electron chi connectivity index (χ4n) is 2.06. The van der Waals surface area contributed by atoms with E-state index in [0.717, 1.165) is 36.1 Å². The highest BCUT2D eigenvalue weighted by atomic mass is 32.2. The molecule has 1 saturated carbocycles. The van der Waals surface area contributed by atoms with Gasteiger partial charge in [0.1, 0.15) is 5.52 Å². The Kier molecular flexibility index (Phi) is 2.76. The molecule has 0 bridgehead atoms. The van der Waals surface area contributed by atoms with Crippen LogP contribution in [-0.2, 0) is 0 Å². The molecule has 0 saturated heterocycles. The third-order valence-electron chi connectivity index (χ3n) is 2.92. The molecule has 0 spiro atoms. The maximum Gasteiger partial charge on any atom is 0.257 e. The van der Waals surface area contributed by atoms with E-state index in [1.54, 1.807) is 11.8 Å². The van der Waals surface area contributed by atoms with Gasteiger partial charge in [-0.1, -0.05) is 29.1 Å². The van der Waals surface area contributed by atoms with E-state index in [1.807, 2.05) is 24.3 Å². The molecule has 88 valence electrons. The highest BCUT2D eigenvalue weighted by Gasteiger charge is 2.26. The van der Waals surface area contributed by atoms with Crippen molar-refractivity contribution in [3.05, 3.63) is 24.3 Å². The lowest BCUT2D eigenvalue weighted by Crippen LogP contribution is -2.08. The molecule has 1 atom stereocenters. The van der Waals surface area contributed by atoms with Gasteiger partial charge >= 0.3 is 0 Å². The molecule has 2 aromatic rings. The Morgan fingerprint density at radius 1 is 1.41 bits per heavy atom. The average Bonchev–Trinajstić information content (AvgIpc) is 2.94. The van der Waals surface area contributed by atoms with Gasteiger partial charge in [-0.15, -0.1) is 0 Å². The molecule has 0 amide bonds. The number of nitrogens with zero attached hydrogens (tertiary/aromatic N) is 2. The number of aromatic nitrogens is 1. The van der Waals surface area contributed by atoms with Crippen LogP contribution in [0.15, 0.2) is 39.1 Å². The minimum atomic E-state index is 0.202. The van der Waals surface area contributed by atoms with E-state index < -0.39 is 0 Å². The molecule has 0 aliphatic heterocycles. The number of benzene rings is 1. The van der Waals surface area contributed by atoms with Crippen LogP contribution in [0.4, 0.5) is 0 Å². The van der Waals surface area contributed by atoms with Crippen molar-refractivity contribution in [1.82, 2.24) is 4.98 Å². The maximum absolute atomic E-state index is 8.88. The molecule has 4 nitrogen and oxygen atoms in total. The number of hydrogen-bond donors (Lipinski definition) is 1. The van der Waals surface area contributed by atoms with E-state index in [2.05, 4.69) is 10.1 Å². The predicted octanol–water partition coefficient (Wildman–Crippen LogP) is 3.30. The van der Waals surface area contributed by atoms with Crippen LogP contribution in [0.5, 0.6) is 0 Å². The minimum absolute atomic E-state index is 0.202. The topological polar surface area (TPSA) is 58.6 Å². The Morgan fingerprint density at radius 3 is 3.12 bits per heavy atom. The van der Waals surface area contributed by atoms with Crippen molar-refractivity contribution in [2.45, 2.75) is 29.7 Å². The van der Waals surface area contributed by atoms with Crippen molar-refractivity contribution < 1.29 is 9.62 Å². The van der Waals surface area contributed by atoms with Crippen LogP contribution in [0.3, 0.4) is 0 Å². The average molecular weight is 248 g/mol. The van der Waals surface area contributed by atoms with Gasteiger partial charge in [0.05, 0.1) is 11.0 Å². The summed E-state index contributed by atoms with van der Waals surface area (Å²) in [4.78, 5) is 4.40. The standard InChI is InChI=1S/C12H12N2O2S/c15-14-9-5-3-7-11(9)17-12-13-8-4-1-2-6-10(8)16-12/h1-2,4,6,11,15H,3,5,7H2/b14-9+/t11-/m0/s1. The smallest absolute Gasteiger partial charge is 0.257 e. The zero-order valence-electron chi connectivity index (χ0n) is 9.17. The highest BCUT2D eigenvalue weighted by Crippen LogP contribution is 2.34. The van der Waals surface area contributed by atoms with Gasteiger partial charge in [-0.3, -0.25) is 0 Å². The number of rotatable bonds is 2. The summed E-state index contributed by atoms with van der Waals surface area (Å²) in [6.07, 6.45) is 2.95. The van der Waals surface area contributed by atoms with Crippen LogP contribution in [0.1, 0.15) is 19.3 Å². The number of fused-ring (bicyclic) bond motifs is 1. The normalized spacial score (nSPS) is 22.6. The van der Waals surface area contributed by atoms with Gasteiger partial charge in [-0.05, 0) is 31.4 Å². The fourth-order valence-corrected chi connectivity index (χ4v) is 3.18. The van der Waals surface area contributed by atoms with Crippen molar-refractivity contribution in [3.63, 3.8) is 0 Å². The molecule has 1 fully saturated rings. The largest absolute Gasteiger partial charge is 0.431 e. The highest BCUT2D eigenvalue weighted by molar-refractivity contribution is 8.00. The van der Waals surface area contributed by atoms with E-state index in [4.69, 9.17) is 9.62 Å².